The van der Waals surface area contributed by atoms with Crippen LogP contribution in [0.5, 0.6) is 11.6 Å². The number of nitrogen functional groups attached to an aromatic ring is 2. The molecule has 0 saturated heterocycles. The largest absolute Gasteiger partial charge is 0.438 e. The minimum Gasteiger partial charge on any atom is -0.438 e. The third-order valence-electron chi connectivity index (χ3n) is 3.30. The molecular weight excluding hydrogens is 318 g/mol. The predicted octanol–water partition coefficient (Wildman–Crippen LogP) is 2.24. The van der Waals surface area contributed by atoms with Gasteiger partial charge in [-0.15, -0.1) is 0 Å². The Morgan fingerprint density at radius 3 is 2.40 bits per heavy atom. The van der Waals surface area contributed by atoms with Crippen LogP contribution in [0.15, 0.2) is 42.6 Å². The summed E-state index contributed by atoms with van der Waals surface area (Å²) in [6.45, 7) is 0. The van der Waals surface area contributed by atoms with Crippen molar-refractivity contribution in [3.63, 3.8) is 0 Å². The first kappa shape index (κ1) is 15.7. The van der Waals surface area contributed by atoms with Gasteiger partial charge < -0.3 is 16.2 Å². The van der Waals surface area contributed by atoms with Gasteiger partial charge in [-0.05, 0) is 36.4 Å². The second-order valence-electron chi connectivity index (χ2n) is 4.90. The Kier molecular flexibility index (Phi) is 4.10. The summed E-state index contributed by atoms with van der Waals surface area (Å²) in [5.74, 6) is 0.704. The number of anilines is 2. The molecule has 0 amide bonds. The van der Waals surface area contributed by atoms with E-state index in [-0.39, 0.29) is 23.2 Å². The molecular formula is C17H11N7O. The standard InChI is InChI=1S/C17H11N7O/c18-8-11-2-1-7-22-16(11)25-12-5-3-10(4-6-12)14-13(9-19)15(20)24-17(21)23-14/h1-7H,(H4,20,21,23,24). The Hall–Kier alpha value is -4.17. The van der Waals surface area contributed by atoms with Crippen LogP contribution in [0.3, 0.4) is 0 Å². The fourth-order valence-electron chi connectivity index (χ4n) is 2.16. The zero-order chi connectivity index (χ0) is 17.8. The minimum atomic E-state index is -0.0148. The smallest absolute Gasteiger partial charge is 0.237 e. The minimum absolute atomic E-state index is 0.0148. The molecule has 0 saturated carbocycles. The van der Waals surface area contributed by atoms with Crippen molar-refractivity contribution in [3.8, 4) is 35.0 Å². The van der Waals surface area contributed by atoms with Gasteiger partial charge in [0, 0.05) is 11.8 Å². The number of nitriles is 2. The van der Waals surface area contributed by atoms with Gasteiger partial charge in [-0.2, -0.15) is 15.5 Å². The molecule has 8 heteroatoms. The van der Waals surface area contributed by atoms with E-state index in [4.69, 9.17) is 21.5 Å². The number of nitrogens with two attached hydrogens (primary N) is 2. The molecule has 0 spiro atoms. The summed E-state index contributed by atoms with van der Waals surface area (Å²) in [6, 6.07) is 14.0. The second-order valence-corrected chi connectivity index (χ2v) is 4.90. The average Bonchev–Trinajstić information content (AvgIpc) is 2.62. The van der Waals surface area contributed by atoms with E-state index in [1.165, 1.54) is 6.20 Å². The van der Waals surface area contributed by atoms with Gasteiger partial charge >= 0.3 is 0 Å². The molecule has 2 heterocycles. The topological polar surface area (TPSA) is 148 Å². The summed E-state index contributed by atoms with van der Waals surface area (Å²) in [5.41, 5.74) is 12.8. The number of pyridine rings is 1. The molecule has 0 aliphatic heterocycles. The molecule has 0 atom stereocenters. The molecule has 0 bridgehead atoms. The van der Waals surface area contributed by atoms with Crippen LogP contribution in [-0.2, 0) is 0 Å². The van der Waals surface area contributed by atoms with Crippen molar-refractivity contribution in [1.82, 2.24) is 15.0 Å². The lowest BCUT2D eigenvalue weighted by atomic mass is 10.1. The number of benzene rings is 1. The van der Waals surface area contributed by atoms with Crippen LogP contribution < -0.4 is 16.2 Å². The Bertz CT molecular complexity index is 1020. The van der Waals surface area contributed by atoms with Crippen molar-refractivity contribution in [2.24, 2.45) is 0 Å². The SMILES string of the molecule is N#Cc1cccnc1Oc1ccc(-c2nc(N)nc(N)c2C#N)cc1. The lowest BCUT2D eigenvalue weighted by molar-refractivity contribution is 0.461. The van der Waals surface area contributed by atoms with E-state index in [9.17, 15) is 5.26 Å². The van der Waals surface area contributed by atoms with Crippen LogP contribution in [0.25, 0.3) is 11.3 Å². The molecule has 0 aliphatic rings. The van der Waals surface area contributed by atoms with Crippen molar-refractivity contribution in [1.29, 1.82) is 10.5 Å². The van der Waals surface area contributed by atoms with Gasteiger partial charge in [-0.25, -0.2) is 9.97 Å². The molecule has 3 rings (SSSR count). The quantitative estimate of drug-likeness (QED) is 0.743. The Morgan fingerprint density at radius 1 is 0.960 bits per heavy atom. The van der Waals surface area contributed by atoms with Crippen LogP contribution in [0, 0.1) is 22.7 Å². The van der Waals surface area contributed by atoms with Gasteiger partial charge in [0.25, 0.3) is 0 Å². The van der Waals surface area contributed by atoms with E-state index < -0.39 is 0 Å². The number of rotatable bonds is 3. The second kappa shape index (κ2) is 6.52. The predicted molar refractivity (Wildman–Crippen MR) is 90.0 cm³/mol. The summed E-state index contributed by atoms with van der Waals surface area (Å²) in [7, 11) is 0. The van der Waals surface area contributed by atoms with Gasteiger partial charge in [0.15, 0.2) is 0 Å². The van der Waals surface area contributed by atoms with Gasteiger partial charge in [-0.3, -0.25) is 0 Å². The van der Waals surface area contributed by atoms with E-state index in [1.54, 1.807) is 36.4 Å². The molecule has 120 valence electrons. The molecule has 25 heavy (non-hydrogen) atoms. The maximum atomic E-state index is 9.24. The molecule has 4 N–H and O–H groups in total. The van der Waals surface area contributed by atoms with E-state index in [2.05, 4.69) is 15.0 Å². The Labute approximate surface area is 143 Å². The van der Waals surface area contributed by atoms with E-state index in [0.29, 0.717) is 22.6 Å². The van der Waals surface area contributed by atoms with Gasteiger partial charge in [-0.1, -0.05) is 0 Å². The summed E-state index contributed by atoms with van der Waals surface area (Å²) >= 11 is 0. The first-order valence-electron chi connectivity index (χ1n) is 7.09. The van der Waals surface area contributed by atoms with Crippen LogP contribution in [0.2, 0.25) is 0 Å². The average molecular weight is 329 g/mol. The lowest BCUT2D eigenvalue weighted by Gasteiger charge is -2.09. The highest BCUT2D eigenvalue weighted by Crippen LogP contribution is 2.28. The number of hydrogen-bond donors (Lipinski definition) is 2. The third kappa shape index (κ3) is 3.14. The molecule has 3 aromatic rings. The Morgan fingerprint density at radius 2 is 1.72 bits per heavy atom. The summed E-state index contributed by atoms with van der Waals surface area (Å²) in [4.78, 5) is 11.9. The van der Waals surface area contributed by atoms with Crippen molar-refractivity contribution in [2.75, 3.05) is 11.5 Å². The van der Waals surface area contributed by atoms with E-state index in [1.807, 2.05) is 12.1 Å². The molecule has 1 aromatic carbocycles. The van der Waals surface area contributed by atoms with Crippen molar-refractivity contribution < 1.29 is 4.74 Å². The summed E-state index contributed by atoms with van der Waals surface area (Å²) < 4.78 is 5.61. The van der Waals surface area contributed by atoms with Crippen LogP contribution >= 0.6 is 0 Å². The fourth-order valence-corrected chi connectivity index (χ4v) is 2.16. The highest BCUT2D eigenvalue weighted by atomic mass is 16.5. The monoisotopic (exact) mass is 329 g/mol. The van der Waals surface area contributed by atoms with Crippen molar-refractivity contribution in [2.45, 2.75) is 0 Å². The molecule has 0 radical (unpaired) electrons. The summed E-state index contributed by atoms with van der Waals surface area (Å²) in [6.07, 6.45) is 1.54. The maximum absolute atomic E-state index is 9.24. The first-order chi connectivity index (χ1) is 12.1. The van der Waals surface area contributed by atoms with Crippen LogP contribution in [0.4, 0.5) is 11.8 Å². The van der Waals surface area contributed by atoms with Crippen LogP contribution in [-0.4, -0.2) is 15.0 Å². The number of aromatic nitrogens is 3. The first-order valence-corrected chi connectivity index (χ1v) is 7.09. The molecule has 8 nitrogen and oxygen atoms in total. The maximum Gasteiger partial charge on any atom is 0.237 e. The fraction of sp³-hybridized carbons (Fsp3) is 0. The van der Waals surface area contributed by atoms with Crippen molar-refractivity contribution in [3.05, 3.63) is 53.7 Å². The van der Waals surface area contributed by atoms with E-state index in [0.717, 1.165) is 0 Å². The number of nitrogens with zero attached hydrogens (tertiary/aromatic N) is 5. The number of hydrogen-bond acceptors (Lipinski definition) is 8. The zero-order valence-corrected chi connectivity index (χ0v) is 12.8. The highest BCUT2D eigenvalue weighted by Gasteiger charge is 2.13. The summed E-state index contributed by atoms with van der Waals surface area (Å²) in [5, 5.41) is 18.3. The third-order valence-corrected chi connectivity index (χ3v) is 3.30. The zero-order valence-electron chi connectivity index (χ0n) is 12.8. The van der Waals surface area contributed by atoms with Crippen LogP contribution in [0.1, 0.15) is 11.1 Å². The van der Waals surface area contributed by atoms with Gasteiger partial charge in [0.05, 0.1) is 5.69 Å². The molecule has 0 unspecified atom stereocenters. The van der Waals surface area contributed by atoms with E-state index >= 15 is 0 Å². The lowest BCUT2D eigenvalue weighted by Crippen LogP contribution is -2.04. The molecule has 2 aromatic heterocycles. The van der Waals surface area contributed by atoms with Gasteiger partial charge in [0.1, 0.15) is 34.8 Å². The van der Waals surface area contributed by atoms with Crippen molar-refractivity contribution >= 4 is 11.8 Å². The normalized spacial score (nSPS) is 9.84. The highest BCUT2D eigenvalue weighted by molar-refractivity contribution is 5.73. The number of ether oxygens (including phenoxy) is 1. The molecule has 0 aliphatic carbocycles. The Balaban J connectivity index is 1.94. The van der Waals surface area contributed by atoms with Gasteiger partial charge in [0.2, 0.25) is 11.8 Å². The molecule has 0 fully saturated rings.